The molecule has 1 aromatic carbocycles. The Morgan fingerprint density at radius 2 is 1.82 bits per heavy atom. The fourth-order valence-electron chi connectivity index (χ4n) is 4.25. The number of benzene rings is 1. The molecule has 3 amide bonds. The Bertz CT molecular complexity index is 951. The van der Waals surface area contributed by atoms with Gasteiger partial charge in [-0.05, 0) is 37.7 Å². The van der Waals surface area contributed by atoms with Gasteiger partial charge < -0.3 is 20.1 Å². The Kier molecular flexibility index (Phi) is 9.24. The Labute approximate surface area is 201 Å². The highest BCUT2D eigenvalue weighted by atomic mass is 16.5. The number of carbonyl (C=O) groups excluding carboxylic acids is 3. The summed E-state index contributed by atoms with van der Waals surface area (Å²) in [6.45, 7) is 6.36. The summed E-state index contributed by atoms with van der Waals surface area (Å²) in [4.78, 5) is 40.9. The van der Waals surface area contributed by atoms with Gasteiger partial charge in [0.15, 0.2) is 5.82 Å². The number of nitrogens with zero attached hydrogens (tertiary/aromatic N) is 2. The van der Waals surface area contributed by atoms with Crippen molar-refractivity contribution in [2.75, 3.05) is 11.9 Å². The molecule has 8 heteroatoms. The summed E-state index contributed by atoms with van der Waals surface area (Å²) < 4.78 is 4.96. The maximum absolute atomic E-state index is 13.5. The number of hydrogen-bond acceptors (Lipinski definition) is 5. The van der Waals surface area contributed by atoms with Crippen molar-refractivity contribution in [3.63, 3.8) is 0 Å². The highest BCUT2D eigenvalue weighted by molar-refractivity contribution is 5.94. The van der Waals surface area contributed by atoms with Crippen molar-refractivity contribution < 1.29 is 18.9 Å². The molecule has 34 heavy (non-hydrogen) atoms. The van der Waals surface area contributed by atoms with Gasteiger partial charge in [-0.1, -0.05) is 62.2 Å². The van der Waals surface area contributed by atoms with Gasteiger partial charge in [-0.15, -0.1) is 0 Å². The van der Waals surface area contributed by atoms with Crippen molar-refractivity contribution in [1.29, 1.82) is 0 Å². The molecule has 0 radical (unpaired) electrons. The van der Waals surface area contributed by atoms with Gasteiger partial charge in [-0.2, -0.15) is 0 Å². The van der Waals surface area contributed by atoms with E-state index in [1.165, 1.54) is 0 Å². The van der Waals surface area contributed by atoms with Crippen molar-refractivity contribution in [3.05, 3.63) is 47.7 Å². The molecular weight excluding hydrogens is 432 g/mol. The Morgan fingerprint density at radius 3 is 2.44 bits per heavy atom. The van der Waals surface area contributed by atoms with Crippen LogP contribution in [0.5, 0.6) is 0 Å². The number of carbonyl (C=O) groups is 3. The third-order valence-electron chi connectivity index (χ3n) is 6.11. The first-order valence-electron chi connectivity index (χ1n) is 12.2. The van der Waals surface area contributed by atoms with E-state index < -0.39 is 6.04 Å². The quantitative estimate of drug-likeness (QED) is 0.509. The molecule has 184 valence electrons. The predicted molar refractivity (Wildman–Crippen MR) is 130 cm³/mol. The van der Waals surface area contributed by atoms with Gasteiger partial charge in [-0.25, -0.2) is 0 Å². The second-order valence-corrected chi connectivity index (χ2v) is 9.44. The molecule has 0 saturated heterocycles. The monoisotopic (exact) mass is 468 g/mol. The fraction of sp³-hybridized carbons (Fsp3) is 0.538. The summed E-state index contributed by atoms with van der Waals surface area (Å²) in [5.41, 5.74) is 0.776. The molecule has 1 aliphatic carbocycles. The van der Waals surface area contributed by atoms with Crippen molar-refractivity contribution in [2.24, 2.45) is 5.92 Å². The lowest BCUT2D eigenvalue weighted by Gasteiger charge is -2.33. The number of aryl methyl sites for hydroxylation is 1. The minimum atomic E-state index is -0.727. The van der Waals surface area contributed by atoms with Crippen LogP contribution in [0.2, 0.25) is 0 Å². The van der Waals surface area contributed by atoms with Crippen LogP contribution in [0.3, 0.4) is 0 Å². The molecular formula is C26H36N4O4. The van der Waals surface area contributed by atoms with E-state index >= 15 is 0 Å². The van der Waals surface area contributed by atoms with Crippen molar-refractivity contribution in [1.82, 2.24) is 15.4 Å². The second-order valence-electron chi connectivity index (χ2n) is 9.44. The lowest BCUT2D eigenvalue weighted by atomic mass is 10.0. The normalized spacial score (nSPS) is 14.7. The number of anilines is 1. The van der Waals surface area contributed by atoms with Crippen LogP contribution in [0.1, 0.15) is 76.2 Å². The van der Waals surface area contributed by atoms with Gasteiger partial charge in [-0.3, -0.25) is 14.4 Å². The van der Waals surface area contributed by atoms with Gasteiger partial charge in [0, 0.05) is 31.5 Å². The number of nitrogens with one attached hydrogen (secondary N) is 2. The summed E-state index contributed by atoms with van der Waals surface area (Å²) in [7, 11) is 0. The lowest BCUT2D eigenvalue weighted by Crippen LogP contribution is -2.46. The summed E-state index contributed by atoms with van der Waals surface area (Å²) >= 11 is 0. The number of rotatable bonds is 11. The number of hydrogen-bond donors (Lipinski definition) is 2. The molecule has 1 unspecified atom stereocenters. The van der Waals surface area contributed by atoms with E-state index in [1.807, 2.05) is 30.3 Å². The maximum Gasteiger partial charge on any atom is 0.247 e. The zero-order valence-electron chi connectivity index (χ0n) is 20.4. The van der Waals surface area contributed by atoms with E-state index in [9.17, 15) is 14.4 Å². The molecule has 1 aliphatic rings. The van der Waals surface area contributed by atoms with Crippen LogP contribution in [0.15, 0.2) is 40.9 Å². The molecule has 2 aromatic rings. The SMILES string of the molecule is Cc1cc(NC(=O)CCC(=O)N(CCC(C)C)C(C(=O)NC2CCCC2)c2ccccc2)no1. The van der Waals surface area contributed by atoms with E-state index in [1.54, 1.807) is 17.9 Å². The van der Waals surface area contributed by atoms with E-state index in [4.69, 9.17) is 4.52 Å². The Morgan fingerprint density at radius 1 is 1.12 bits per heavy atom. The molecule has 1 fully saturated rings. The average molecular weight is 469 g/mol. The van der Waals surface area contributed by atoms with Crippen LogP contribution >= 0.6 is 0 Å². The van der Waals surface area contributed by atoms with Crippen LogP contribution in [-0.4, -0.2) is 40.4 Å². The Hall–Kier alpha value is -3.16. The smallest absolute Gasteiger partial charge is 0.247 e. The lowest BCUT2D eigenvalue weighted by molar-refractivity contribution is -0.142. The zero-order chi connectivity index (χ0) is 24.5. The van der Waals surface area contributed by atoms with E-state index in [0.29, 0.717) is 24.0 Å². The molecule has 1 aromatic heterocycles. The zero-order valence-corrected chi connectivity index (χ0v) is 20.4. The standard InChI is InChI=1S/C26H36N4O4/c1-18(2)15-16-30(24(32)14-13-23(31)28-22-17-19(3)34-29-22)25(20-9-5-4-6-10-20)26(33)27-21-11-7-8-12-21/h4-6,9-10,17-18,21,25H,7-8,11-16H2,1-3H3,(H,27,33)(H,28,29,31). The second kappa shape index (κ2) is 12.3. The van der Waals surface area contributed by atoms with Crippen LogP contribution in [0, 0.1) is 12.8 Å². The van der Waals surface area contributed by atoms with E-state index in [0.717, 1.165) is 37.7 Å². The van der Waals surface area contributed by atoms with Crippen molar-refractivity contribution in [2.45, 2.75) is 77.8 Å². The molecule has 0 aliphatic heterocycles. The highest BCUT2D eigenvalue weighted by Crippen LogP contribution is 2.26. The number of aromatic nitrogens is 1. The first kappa shape index (κ1) is 25.5. The van der Waals surface area contributed by atoms with Crippen LogP contribution < -0.4 is 10.6 Å². The minimum absolute atomic E-state index is 0.000798. The number of amides is 3. The third-order valence-corrected chi connectivity index (χ3v) is 6.11. The topological polar surface area (TPSA) is 105 Å². The van der Waals surface area contributed by atoms with Crippen LogP contribution in [0.4, 0.5) is 5.82 Å². The first-order valence-corrected chi connectivity index (χ1v) is 12.2. The average Bonchev–Trinajstić information content (AvgIpc) is 3.46. The summed E-state index contributed by atoms with van der Waals surface area (Å²) in [6.07, 6.45) is 4.91. The van der Waals surface area contributed by atoms with Crippen molar-refractivity contribution in [3.8, 4) is 0 Å². The summed E-state index contributed by atoms with van der Waals surface area (Å²) in [5, 5.41) is 9.57. The van der Waals surface area contributed by atoms with E-state index in [2.05, 4.69) is 29.6 Å². The van der Waals surface area contributed by atoms with Gasteiger partial charge in [0.1, 0.15) is 11.8 Å². The predicted octanol–water partition coefficient (Wildman–Crippen LogP) is 4.38. The molecule has 1 atom stereocenters. The molecule has 1 heterocycles. The molecule has 2 N–H and O–H groups in total. The largest absolute Gasteiger partial charge is 0.360 e. The third kappa shape index (κ3) is 7.43. The molecule has 3 rings (SSSR count). The highest BCUT2D eigenvalue weighted by Gasteiger charge is 2.33. The van der Waals surface area contributed by atoms with Gasteiger partial charge in [0.05, 0.1) is 0 Å². The van der Waals surface area contributed by atoms with Gasteiger partial charge in [0.2, 0.25) is 17.7 Å². The van der Waals surface area contributed by atoms with Crippen molar-refractivity contribution >= 4 is 23.5 Å². The van der Waals surface area contributed by atoms with Gasteiger partial charge >= 0.3 is 0 Å². The molecule has 0 spiro atoms. The fourth-order valence-corrected chi connectivity index (χ4v) is 4.25. The molecule has 1 saturated carbocycles. The summed E-state index contributed by atoms with van der Waals surface area (Å²) in [6, 6.07) is 10.5. The van der Waals surface area contributed by atoms with Crippen LogP contribution in [0.25, 0.3) is 0 Å². The minimum Gasteiger partial charge on any atom is -0.360 e. The molecule has 0 bridgehead atoms. The maximum atomic E-state index is 13.5. The van der Waals surface area contributed by atoms with Crippen LogP contribution in [-0.2, 0) is 14.4 Å². The Balaban J connectivity index is 1.75. The van der Waals surface area contributed by atoms with Gasteiger partial charge in [0.25, 0.3) is 0 Å². The van der Waals surface area contributed by atoms with E-state index in [-0.39, 0.29) is 36.6 Å². The molecule has 8 nitrogen and oxygen atoms in total. The first-order chi connectivity index (χ1) is 16.3. The summed E-state index contributed by atoms with van der Waals surface area (Å²) in [5.74, 6) is 0.579.